The SMILES string of the molecule is Cc1ccc(CN(CCN)Cc2ccccc2)cc1. The van der Waals surface area contributed by atoms with Gasteiger partial charge in [-0.25, -0.2) is 0 Å². The summed E-state index contributed by atoms with van der Waals surface area (Å²) >= 11 is 0. The third-order valence-corrected chi connectivity index (χ3v) is 3.22. The zero-order valence-electron chi connectivity index (χ0n) is 11.5. The Hall–Kier alpha value is -1.64. The average Bonchev–Trinajstić information content (AvgIpc) is 2.43. The summed E-state index contributed by atoms with van der Waals surface area (Å²) in [5.74, 6) is 0. The lowest BCUT2D eigenvalue weighted by molar-refractivity contribution is 0.264. The molecule has 0 radical (unpaired) electrons. The quantitative estimate of drug-likeness (QED) is 0.858. The summed E-state index contributed by atoms with van der Waals surface area (Å²) in [5.41, 5.74) is 9.70. The van der Waals surface area contributed by atoms with E-state index in [0.29, 0.717) is 6.54 Å². The lowest BCUT2D eigenvalue weighted by Gasteiger charge is -2.22. The van der Waals surface area contributed by atoms with E-state index in [9.17, 15) is 0 Å². The Morgan fingerprint density at radius 3 is 2.00 bits per heavy atom. The van der Waals surface area contributed by atoms with Crippen LogP contribution < -0.4 is 5.73 Å². The molecule has 19 heavy (non-hydrogen) atoms. The van der Waals surface area contributed by atoms with E-state index in [4.69, 9.17) is 5.73 Å². The molecule has 2 rings (SSSR count). The second-order valence-corrected chi connectivity index (χ2v) is 4.97. The Balaban J connectivity index is 2.01. The molecule has 0 aliphatic heterocycles. The van der Waals surface area contributed by atoms with E-state index in [2.05, 4.69) is 66.4 Å². The Kier molecular flexibility index (Phi) is 5.13. The van der Waals surface area contributed by atoms with Crippen LogP contribution in [0.4, 0.5) is 0 Å². The van der Waals surface area contributed by atoms with E-state index in [0.717, 1.165) is 19.6 Å². The Morgan fingerprint density at radius 1 is 0.842 bits per heavy atom. The Labute approximate surface area is 115 Å². The van der Waals surface area contributed by atoms with E-state index < -0.39 is 0 Å². The summed E-state index contributed by atoms with van der Waals surface area (Å²) in [6.45, 7) is 5.63. The molecule has 0 spiro atoms. The van der Waals surface area contributed by atoms with Crippen molar-refractivity contribution < 1.29 is 0 Å². The van der Waals surface area contributed by atoms with Gasteiger partial charge in [0.25, 0.3) is 0 Å². The lowest BCUT2D eigenvalue weighted by atomic mass is 10.1. The monoisotopic (exact) mass is 254 g/mol. The molecule has 0 atom stereocenters. The summed E-state index contributed by atoms with van der Waals surface area (Å²) < 4.78 is 0. The maximum Gasteiger partial charge on any atom is 0.0237 e. The van der Waals surface area contributed by atoms with Gasteiger partial charge >= 0.3 is 0 Å². The molecule has 2 heteroatoms. The third kappa shape index (κ3) is 4.51. The summed E-state index contributed by atoms with van der Waals surface area (Å²) in [4.78, 5) is 2.39. The molecule has 0 aliphatic rings. The van der Waals surface area contributed by atoms with Gasteiger partial charge in [-0.3, -0.25) is 4.90 Å². The van der Waals surface area contributed by atoms with Crippen LogP contribution in [0.2, 0.25) is 0 Å². The van der Waals surface area contributed by atoms with Crippen molar-refractivity contribution in [2.75, 3.05) is 13.1 Å². The minimum Gasteiger partial charge on any atom is -0.329 e. The number of rotatable bonds is 6. The molecule has 2 nitrogen and oxygen atoms in total. The lowest BCUT2D eigenvalue weighted by Crippen LogP contribution is -2.28. The van der Waals surface area contributed by atoms with Crippen molar-refractivity contribution in [3.8, 4) is 0 Å². The Morgan fingerprint density at radius 2 is 1.42 bits per heavy atom. The molecular formula is C17H22N2. The molecule has 2 aromatic carbocycles. The van der Waals surface area contributed by atoms with Gasteiger partial charge < -0.3 is 5.73 Å². The highest BCUT2D eigenvalue weighted by Gasteiger charge is 2.06. The minimum atomic E-state index is 0.693. The maximum absolute atomic E-state index is 5.72. The maximum atomic E-state index is 5.72. The van der Waals surface area contributed by atoms with Gasteiger partial charge in [-0.15, -0.1) is 0 Å². The number of nitrogens with zero attached hydrogens (tertiary/aromatic N) is 1. The molecule has 0 aliphatic carbocycles. The highest BCUT2D eigenvalue weighted by Crippen LogP contribution is 2.10. The standard InChI is InChI=1S/C17H22N2/c1-15-7-9-17(10-8-15)14-19(12-11-18)13-16-5-3-2-4-6-16/h2-10H,11-14,18H2,1H3. The number of hydrogen-bond donors (Lipinski definition) is 1. The van der Waals surface area contributed by atoms with Gasteiger partial charge in [-0.05, 0) is 18.1 Å². The summed E-state index contributed by atoms with van der Waals surface area (Å²) in [6.07, 6.45) is 0. The molecule has 100 valence electrons. The van der Waals surface area contributed by atoms with Gasteiger partial charge in [-0.2, -0.15) is 0 Å². The number of nitrogens with two attached hydrogens (primary N) is 1. The number of benzene rings is 2. The van der Waals surface area contributed by atoms with Crippen molar-refractivity contribution in [2.24, 2.45) is 5.73 Å². The predicted octanol–water partition coefficient (Wildman–Crippen LogP) is 2.96. The van der Waals surface area contributed by atoms with Crippen LogP contribution in [0.15, 0.2) is 54.6 Å². The molecule has 2 N–H and O–H groups in total. The molecule has 0 heterocycles. The van der Waals surface area contributed by atoms with Crippen molar-refractivity contribution in [1.29, 1.82) is 0 Å². The molecule has 0 unspecified atom stereocenters. The van der Waals surface area contributed by atoms with Crippen molar-refractivity contribution in [2.45, 2.75) is 20.0 Å². The third-order valence-electron chi connectivity index (χ3n) is 3.22. The van der Waals surface area contributed by atoms with Crippen molar-refractivity contribution in [3.63, 3.8) is 0 Å². The van der Waals surface area contributed by atoms with E-state index in [1.807, 2.05) is 0 Å². The van der Waals surface area contributed by atoms with Gasteiger partial charge in [0.15, 0.2) is 0 Å². The van der Waals surface area contributed by atoms with Crippen LogP contribution in [-0.2, 0) is 13.1 Å². The first kappa shape index (κ1) is 13.8. The van der Waals surface area contributed by atoms with Gasteiger partial charge in [-0.1, -0.05) is 60.2 Å². The van der Waals surface area contributed by atoms with E-state index in [1.165, 1.54) is 16.7 Å². The fraction of sp³-hybridized carbons (Fsp3) is 0.294. The molecule has 0 bridgehead atoms. The molecule has 0 saturated carbocycles. The average molecular weight is 254 g/mol. The van der Waals surface area contributed by atoms with Crippen molar-refractivity contribution in [1.82, 2.24) is 4.90 Å². The van der Waals surface area contributed by atoms with Gasteiger partial charge in [0.05, 0.1) is 0 Å². The second kappa shape index (κ2) is 7.07. The molecule has 0 fully saturated rings. The molecule has 0 amide bonds. The molecular weight excluding hydrogens is 232 g/mol. The fourth-order valence-electron chi connectivity index (χ4n) is 2.19. The minimum absolute atomic E-state index is 0.693. The highest BCUT2D eigenvalue weighted by atomic mass is 15.1. The van der Waals surface area contributed by atoms with E-state index >= 15 is 0 Å². The van der Waals surface area contributed by atoms with E-state index in [1.54, 1.807) is 0 Å². The van der Waals surface area contributed by atoms with Gasteiger partial charge in [0.1, 0.15) is 0 Å². The van der Waals surface area contributed by atoms with Crippen molar-refractivity contribution >= 4 is 0 Å². The summed E-state index contributed by atoms with van der Waals surface area (Å²) in [7, 11) is 0. The van der Waals surface area contributed by atoms with Crippen LogP contribution in [0.1, 0.15) is 16.7 Å². The first-order valence-electron chi connectivity index (χ1n) is 6.80. The van der Waals surface area contributed by atoms with Crippen molar-refractivity contribution in [3.05, 3.63) is 71.3 Å². The fourth-order valence-corrected chi connectivity index (χ4v) is 2.19. The number of hydrogen-bond acceptors (Lipinski definition) is 2. The highest BCUT2D eigenvalue weighted by molar-refractivity contribution is 5.21. The van der Waals surface area contributed by atoms with Crippen LogP contribution >= 0.6 is 0 Å². The normalized spacial score (nSPS) is 10.9. The smallest absolute Gasteiger partial charge is 0.0237 e. The first-order chi connectivity index (χ1) is 9.28. The second-order valence-electron chi connectivity index (χ2n) is 4.97. The Bertz CT molecular complexity index is 476. The topological polar surface area (TPSA) is 29.3 Å². The molecule has 0 aromatic heterocycles. The zero-order valence-corrected chi connectivity index (χ0v) is 11.5. The van der Waals surface area contributed by atoms with Crippen LogP contribution in [0, 0.1) is 6.92 Å². The zero-order chi connectivity index (χ0) is 13.5. The van der Waals surface area contributed by atoms with Crippen LogP contribution in [0.25, 0.3) is 0 Å². The van der Waals surface area contributed by atoms with Crippen LogP contribution in [0.5, 0.6) is 0 Å². The van der Waals surface area contributed by atoms with Crippen LogP contribution in [-0.4, -0.2) is 18.0 Å². The summed E-state index contributed by atoms with van der Waals surface area (Å²) in [5, 5.41) is 0. The molecule has 0 saturated heterocycles. The first-order valence-corrected chi connectivity index (χ1v) is 6.80. The number of aryl methyl sites for hydroxylation is 1. The van der Waals surface area contributed by atoms with Crippen LogP contribution in [0.3, 0.4) is 0 Å². The van der Waals surface area contributed by atoms with Gasteiger partial charge in [0.2, 0.25) is 0 Å². The largest absolute Gasteiger partial charge is 0.329 e. The molecule has 2 aromatic rings. The van der Waals surface area contributed by atoms with Gasteiger partial charge in [0, 0.05) is 26.2 Å². The predicted molar refractivity (Wildman–Crippen MR) is 80.8 cm³/mol. The van der Waals surface area contributed by atoms with E-state index in [-0.39, 0.29) is 0 Å². The summed E-state index contributed by atoms with van der Waals surface area (Å²) in [6, 6.07) is 19.3.